The van der Waals surface area contributed by atoms with E-state index in [-0.39, 0.29) is 23.8 Å². The second-order valence-electron chi connectivity index (χ2n) is 9.21. The highest BCUT2D eigenvalue weighted by atomic mass is 32.2. The van der Waals surface area contributed by atoms with Gasteiger partial charge in [-0.3, -0.25) is 4.79 Å². The molecule has 1 aliphatic heterocycles. The average Bonchev–Trinajstić information content (AvgIpc) is 3.19. The van der Waals surface area contributed by atoms with Crippen LogP contribution < -0.4 is 5.32 Å². The lowest BCUT2D eigenvalue weighted by Gasteiger charge is -2.46. The molecule has 6 atom stereocenters. The van der Waals surface area contributed by atoms with Crippen LogP contribution in [-0.4, -0.2) is 32.1 Å². The Balaban J connectivity index is 1.53. The third-order valence-electron chi connectivity index (χ3n) is 7.40. The van der Waals surface area contributed by atoms with Gasteiger partial charge in [-0.25, -0.2) is 8.51 Å². The quantitative estimate of drug-likeness (QED) is 0.685. The molecule has 2 aromatic rings. The molecule has 0 spiro atoms. The summed E-state index contributed by atoms with van der Waals surface area (Å²) in [6, 6.07) is 13.1. The molecule has 3 aliphatic rings. The minimum atomic E-state index is -1.34. The van der Waals surface area contributed by atoms with Gasteiger partial charge in [0, 0.05) is 37.0 Å². The largest absolute Gasteiger partial charge is 0.508 e. The van der Waals surface area contributed by atoms with Crippen LogP contribution in [-0.2, 0) is 15.8 Å². The summed E-state index contributed by atoms with van der Waals surface area (Å²) in [5, 5.41) is 12.9. The Morgan fingerprint density at radius 3 is 2.62 bits per heavy atom. The van der Waals surface area contributed by atoms with Crippen LogP contribution in [0.5, 0.6) is 5.75 Å². The lowest BCUT2D eigenvalue weighted by molar-refractivity contribution is -0.114. The van der Waals surface area contributed by atoms with Crippen LogP contribution in [0.25, 0.3) is 0 Å². The van der Waals surface area contributed by atoms with E-state index in [0.717, 1.165) is 17.7 Å². The van der Waals surface area contributed by atoms with Gasteiger partial charge in [0.05, 0.1) is 4.90 Å². The predicted octanol–water partition coefficient (Wildman–Crippen LogP) is 4.38. The van der Waals surface area contributed by atoms with E-state index in [9.17, 15) is 14.1 Å². The second kappa shape index (κ2) is 8.38. The highest BCUT2D eigenvalue weighted by Crippen LogP contribution is 2.56. The highest BCUT2D eigenvalue weighted by Gasteiger charge is 2.54. The molecule has 5 nitrogen and oxygen atoms in total. The van der Waals surface area contributed by atoms with E-state index in [4.69, 9.17) is 6.42 Å². The molecule has 0 bridgehead atoms. The molecule has 1 saturated carbocycles. The number of nitrogens with zero attached hydrogens (tertiary/aromatic N) is 1. The first-order valence-electron chi connectivity index (χ1n) is 11.3. The molecule has 1 amide bonds. The van der Waals surface area contributed by atoms with Crippen molar-refractivity contribution in [3.8, 4) is 18.1 Å². The molecular weight excluding hydrogens is 420 g/mol. The zero-order valence-corrected chi connectivity index (χ0v) is 19.0. The second-order valence-corrected chi connectivity index (χ2v) is 10.7. The van der Waals surface area contributed by atoms with E-state index in [1.807, 2.05) is 24.3 Å². The number of hydrogen-bond donors (Lipinski definition) is 2. The summed E-state index contributed by atoms with van der Waals surface area (Å²) >= 11 is 0. The van der Waals surface area contributed by atoms with Crippen molar-refractivity contribution in [1.82, 2.24) is 4.31 Å². The summed E-state index contributed by atoms with van der Waals surface area (Å²) in [5.41, 5.74) is 3.15. The van der Waals surface area contributed by atoms with Crippen molar-refractivity contribution in [2.24, 2.45) is 11.8 Å². The molecule has 6 heteroatoms. The van der Waals surface area contributed by atoms with Crippen LogP contribution in [0.1, 0.15) is 55.6 Å². The van der Waals surface area contributed by atoms with Crippen molar-refractivity contribution in [3.05, 3.63) is 53.6 Å². The maximum atomic E-state index is 13.8. The van der Waals surface area contributed by atoms with Gasteiger partial charge >= 0.3 is 0 Å². The van der Waals surface area contributed by atoms with Crippen molar-refractivity contribution in [3.63, 3.8) is 0 Å². The standard InChI is InChI=1S/C26H28N2O3S/c1-3-17-15-28(32(31)20-11-8-18(9-12-20)27-16(2)29)26-23-7-5-4-6-21(23)24-14-19(30)10-13-22(24)25(17)26/h1,8-14,17,21,23,25-26,30H,4-7,15H2,2H3,(H,27,29). The minimum absolute atomic E-state index is 0.0197. The number of rotatable bonds is 3. The van der Waals surface area contributed by atoms with E-state index in [0.29, 0.717) is 29.8 Å². The van der Waals surface area contributed by atoms with E-state index in [1.54, 1.807) is 18.2 Å². The highest BCUT2D eigenvalue weighted by molar-refractivity contribution is 7.82. The third-order valence-corrected chi connectivity index (χ3v) is 8.89. The Bertz CT molecular complexity index is 1110. The fourth-order valence-corrected chi connectivity index (χ4v) is 7.64. The van der Waals surface area contributed by atoms with Crippen molar-refractivity contribution in [2.75, 3.05) is 11.9 Å². The number of carbonyl (C=O) groups excluding carboxylic acids is 1. The first-order chi connectivity index (χ1) is 15.5. The van der Waals surface area contributed by atoms with Crippen molar-refractivity contribution in [1.29, 1.82) is 0 Å². The van der Waals surface area contributed by atoms with Gasteiger partial charge in [0.15, 0.2) is 0 Å². The van der Waals surface area contributed by atoms with Gasteiger partial charge in [-0.1, -0.05) is 18.9 Å². The molecule has 2 fully saturated rings. The Morgan fingerprint density at radius 2 is 1.91 bits per heavy atom. The number of phenolic OH excluding ortho intramolecular Hbond substituents is 1. The molecular formula is C26H28N2O3S. The summed E-state index contributed by atoms with van der Waals surface area (Å²) in [6.45, 7) is 2.06. The molecule has 0 radical (unpaired) electrons. The summed E-state index contributed by atoms with van der Waals surface area (Å²) in [7, 11) is -1.34. The number of fused-ring (bicyclic) bond motifs is 6. The van der Waals surface area contributed by atoms with Gasteiger partial charge in [0.25, 0.3) is 0 Å². The average molecular weight is 449 g/mol. The smallest absolute Gasteiger partial charge is 0.221 e. The van der Waals surface area contributed by atoms with Gasteiger partial charge in [-0.2, -0.15) is 0 Å². The van der Waals surface area contributed by atoms with E-state index >= 15 is 0 Å². The summed E-state index contributed by atoms with van der Waals surface area (Å²) in [5.74, 6) is 4.02. The number of nitrogens with one attached hydrogen (secondary N) is 1. The lowest BCUT2D eigenvalue weighted by Crippen LogP contribution is -2.45. The molecule has 1 heterocycles. The lowest BCUT2D eigenvalue weighted by atomic mass is 9.61. The summed E-state index contributed by atoms with van der Waals surface area (Å²) in [6.07, 6.45) is 10.5. The first-order valence-corrected chi connectivity index (χ1v) is 12.4. The molecule has 32 heavy (non-hydrogen) atoms. The number of amides is 1. The zero-order valence-electron chi connectivity index (χ0n) is 18.2. The van der Waals surface area contributed by atoms with Crippen molar-refractivity contribution >= 4 is 22.6 Å². The topological polar surface area (TPSA) is 69.6 Å². The van der Waals surface area contributed by atoms with Gasteiger partial charge in [0.2, 0.25) is 5.91 Å². The maximum Gasteiger partial charge on any atom is 0.221 e. The number of terminal acetylenes is 1. The van der Waals surface area contributed by atoms with Crippen LogP contribution in [0.2, 0.25) is 0 Å². The van der Waals surface area contributed by atoms with Gasteiger partial charge in [-0.15, -0.1) is 12.3 Å². The van der Waals surface area contributed by atoms with Crippen LogP contribution in [0.3, 0.4) is 0 Å². The van der Waals surface area contributed by atoms with Crippen molar-refractivity contribution in [2.45, 2.75) is 55.4 Å². The number of carbonyl (C=O) groups is 1. The van der Waals surface area contributed by atoms with E-state index in [1.165, 1.54) is 30.9 Å². The minimum Gasteiger partial charge on any atom is -0.508 e. The van der Waals surface area contributed by atoms with E-state index in [2.05, 4.69) is 15.5 Å². The Morgan fingerprint density at radius 1 is 1.16 bits per heavy atom. The Kier molecular flexibility index (Phi) is 5.56. The molecule has 0 aromatic heterocycles. The number of phenols is 1. The maximum absolute atomic E-state index is 13.8. The summed E-state index contributed by atoms with van der Waals surface area (Å²) in [4.78, 5) is 12.0. The molecule has 166 valence electrons. The number of aromatic hydroxyl groups is 1. The number of anilines is 1. The van der Waals surface area contributed by atoms with Crippen LogP contribution in [0, 0.1) is 24.2 Å². The van der Waals surface area contributed by atoms with Crippen LogP contribution in [0.4, 0.5) is 5.69 Å². The van der Waals surface area contributed by atoms with E-state index < -0.39 is 11.0 Å². The molecule has 2 N–H and O–H groups in total. The van der Waals surface area contributed by atoms with Crippen molar-refractivity contribution < 1.29 is 14.1 Å². The Labute approximate surface area is 191 Å². The fourth-order valence-electron chi connectivity index (χ4n) is 6.20. The molecule has 5 rings (SSSR count). The van der Waals surface area contributed by atoms with Gasteiger partial charge in [0.1, 0.15) is 16.7 Å². The first kappa shape index (κ1) is 21.2. The number of benzene rings is 2. The molecule has 1 saturated heterocycles. The summed E-state index contributed by atoms with van der Waals surface area (Å²) < 4.78 is 15.9. The zero-order chi connectivity index (χ0) is 22.4. The SMILES string of the molecule is C#CC1CN(S(=O)c2ccc(NC(C)=O)cc2)C2C3CCCCC3c3cc(O)ccc3C12. The predicted molar refractivity (Wildman–Crippen MR) is 126 cm³/mol. The van der Waals surface area contributed by atoms with Gasteiger partial charge in [-0.05, 0) is 72.2 Å². The molecule has 2 aromatic carbocycles. The fraction of sp³-hybridized carbons (Fsp3) is 0.423. The monoisotopic (exact) mass is 448 g/mol. The van der Waals surface area contributed by atoms with Gasteiger partial charge < -0.3 is 10.4 Å². The molecule has 2 aliphatic carbocycles. The Hall–Kier alpha value is -2.62. The number of hydrogen-bond acceptors (Lipinski definition) is 3. The molecule has 6 unspecified atom stereocenters. The van der Waals surface area contributed by atoms with Crippen LogP contribution in [0.15, 0.2) is 47.4 Å². The van der Waals surface area contributed by atoms with Crippen LogP contribution >= 0.6 is 0 Å². The normalized spacial score (nSPS) is 29.8. The third kappa shape index (κ3) is 3.54.